The van der Waals surface area contributed by atoms with Crippen LogP contribution in [0.3, 0.4) is 0 Å². The molecule has 1 saturated carbocycles. The zero-order valence-electron chi connectivity index (χ0n) is 18.4. The lowest BCUT2D eigenvalue weighted by atomic mass is 10.2. The van der Waals surface area contributed by atoms with Crippen molar-refractivity contribution in [1.29, 1.82) is 0 Å². The molecular weight excluding hydrogens is 408 g/mol. The van der Waals surface area contributed by atoms with E-state index in [1.54, 1.807) is 6.20 Å². The second-order valence-corrected chi connectivity index (χ2v) is 8.50. The standard InChI is InChI=1S/C23H30N6O3/c30-22(18-5-6-21(25-17-18)32-19-3-1-2-4-19)28-11-9-27(10-12-28)20-7-8-24-23(26-20)29-13-15-31-16-14-29/h5-8,17,19H,1-4,9-16H2. The summed E-state index contributed by atoms with van der Waals surface area (Å²) in [6, 6.07) is 5.58. The number of amides is 1. The number of hydrogen-bond acceptors (Lipinski definition) is 8. The molecule has 9 heteroatoms. The first-order valence-electron chi connectivity index (χ1n) is 11.6. The average Bonchev–Trinajstić information content (AvgIpc) is 3.38. The second-order valence-electron chi connectivity index (χ2n) is 8.50. The number of morpholine rings is 1. The lowest BCUT2D eigenvalue weighted by Gasteiger charge is -2.36. The summed E-state index contributed by atoms with van der Waals surface area (Å²) in [4.78, 5) is 32.7. The summed E-state index contributed by atoms with van der Waals surface area (Å²) in [5.74, 6) is 2.28. The summed E-state index contributed by atoms with van der Waals surface area (Å²) in [6.07, 6.45) is 8.33. The molecule has 2 aliphatic heterocycles. The fourth-order valence-corrected chi connectivity index (χ4v) is 4.51. The van der Waals surface area contributed by atoms with Gasteiger partial charge in [-0.25, -0.2) is 9.97 Å². The topological polar surface area (TPSA) is 83.9 Å². The number of carbonyl (C=O) groups is 1. The van der Waals surface area contributed by atoms with Gasteiger partial charge in [-0.3, -0.25) is 4.79 Å². The van der Waals surface area contributed by atoms with Gasteiger partial charge in [0.25, 0.3) is 5.91 Å². The highest BCUT2D eigenvalue weighted by Crippen LogP contribution is 2.23. The third-order valence-electron chi connectivity index (χ3n) is 6.39. The Labute approximate surface area is 188 Å². The minimum absolute atomic E-state index is 0.0151. The van der Waals surface area contributed by atoms with Crippen LogP contribution in [0.2, 0.25) is 0 Å². The molecule has 0 aromatic carbocycles. The number of carbonyl (C=O) groups excluding carboxylic acids is 1. The van der Waals surface area contributed by atoms with E-state index in [1.165, 1.54) is 12.8 Å². The molecule has 3 fully saturated rings. The molecule has 2 aromatic rings. The van der Waals surface area contributed by atoms with E-state index in [-0.39, 0.29) is 12.0 Å². The Bertz CT molecular complexity index is 904. The van der Waals surface area contributed by atoms with Crippen molar-refractivity contribution in [2.45, 2.75) is 31.8 Å². The summed E-state index contributed by atoms with van der Waals surface area (Å²) >= 11 is 0. The number of anilines is 2. The van der Waals surface area contributed by atoms with Crippen LogP contribution in [-0.4, -0.2) is 84.3 Å². The molecule has 5 rings (SSSR count). The quantitative estimate of drug-likeness (QED) is 0.701. The van der Waals surface area contributed by atoms with Crippen LogP contribution in [0, 0.1) is 0 Å². The van der Waals surface area contributed by atoms with E-state index < -0.39 is 0 Å². The summed E-state index contributed by atoms with van der Waals surface area (Å²) in [7, 11) is 0. The fraction of sp³-hybridized carbons (Fsp3) is 0.565. The molecule has 1 aliphatic carbocycles. The van der Waals surface area contributed by atoms with Gasteiger partial charge >= 0.3 is 0 Å². The van der Waals surface area contributed by atoms with E-state index in [0.717, 1.165) is 50.8 Å². The van der Waals surface area contributed by atoms with E-state index in [4.69, 9.17) is 14.5 Å². The maximum Gasteiger partial charge on any atom is 0.255 e. The Morgan fingerprint density at radius 2 is 1.72 bits per heavy atom. The van der Waals surface area contributed by atoms with Crippen molar-refractivity contribution in [1.82, 2.24) is 19.9 Å². The summed E-state index contributed by atoms with van der Waals surface area (Å²) < 4.78 is 11.3. The molecular formula is C23H30N6O3. The fourth-order valence-electron chi connectivity index (χ4n) is 4.51. The Balaban J connectivity index is 1.16. The number of nitrogens with zero attached hydrogens (tertiary/aromatic N) is 6. The van der Waals surface area contributed by atoms with Crippen molar-refractivity contribution >= 4 is 17.7 Å². The Morgan fingerprint density at radius 3 is 2.44 bits per heavy atom. The van der Waals surface area contributed by atoms with Crippen LogP contribution in [0.15, 0.2) is 30.6 Å². The van der Waals surface area contributed by atoms with Crippen molar-refractivity contribution in [3.8, 4) is 5.88 Å². The monoisotopic (exact) mass is 438 g/mol. The maximum absolute atomic E-state index is 12.9. The van der Waals surface area contributed by atoms with Crippen molar-refractivity contribution in [3.05, 3.63) is 36.2 Å². The predicted octanol–water partition coefficient (Wildman–Crippen LogP) is 1.99. The molecule has 0 N–H and O–H groups in total. The molecule has 170 valence electrons. The van der Waals surface area contributed by atoms with Crippen molar-refractivity contribution in [3.63, 3.8) is 0 Å². The number of aromatic nitrogens is 3. The number of piperazine rings is 1. The zero-order valence-corrected chi connectivity index (χ0v) is 18.4. The molecule has 1 amide bonds. The van der Waals surface area contributed by atoms with Crippen LogP contribution in [-0.2, 0) is 4.74 Å². The Morgan fingerprint density at radius 1 is 0.938 bits per heavy atom. The number of pyridine rings is 1. The highest BCUT2D eigenvalue weighted by atomic mass is 16.5. The van der Waals surface area contributed by atoms with Crippen LogP contribution in [0.1, 0.15) is 36.0 Å². The zero-order chi connectivity index (χ0) is 21.8. The molecule has 0 radical (unpaired) electrons. The molecule has 0 unspecified atom stereocenters. The van der Waals surface area contributed by atoms with Gasteiger partial charge in [-0.05, 0) is 37.8 Å². The first kappa shape index (κ1) is 20.9. The molecule has 0 spiro atoms. The lowest BCUT2D eigenvalue weighted by Crippen LogP contribution is -2.49. The van der Waals surface area contributed by atoms with Gasteiger partial charge in [-0.1, -0.05) is 0 Å². The van der Waals surface area contributed by atoms with E-state index >= 15 is 0 Å². The number of rotatable bonds is 5. The number of hydrogen-bond donors (Lipinski definition) is 0. The molecule has 32 heavy (non-hydrogen) atoms. The predicted molar refractivity (Wildman–Crippen MR) is 120 cm³/mol. The Hall–Kier alpha value is -2.94. The third kappa shape index (κ3) is 4.77. The molecule has 0 bridgehead atoms. The van der Waals surface area contributed by atoms with Crippen molar-refractivity contribution in [2.24, 2.45) is 0 Å². The minimum Gasteiger partial charge on any atom is -0.474 e. The van der Waals surface area contributed by atoms with Gasteiger partial charge in [0, 0.05) is 57.7 Å². The van der Waals surface area contributed by atoms with Gasteiger partial charge in [0.05, 0.1) is 18.8 Å². The summed E-state index contributed by atoms with van der Waals surface area (Å²) in [6.45, 7) is 5.80. The number of ether oxygens (including phenoxy) is 2. The first-order chi connectivity index (χ1) is 15.8. The summed E-state index contributed by atoms with van der Waals surface area (Å²) in [5.41, 5.74) is 0.605. The summed E-state index contributed by atoms with van der Waals surface area (Å²) in [5, 5.41) is 0. The second kappa shape index (κ2) is 9.68. The molecule has 2 saturated heterocycles. The molecule has 2 aromatic heterocycles. The Kier molecular flexibility index (Phi) is 6.34. The van der Waals surface area contributed by atoms with Crippen molar-refractivity contribution < 1.29 is 14.3 Å². The van der Waals surface area contributed by atoms with Gasteiger partial charge in [-0.2, -0.15) is 4.98 Å². The van der Waals surface area contributed by atoms with Crippen LogP contribution in [0.5, 0.6) is 5.88 Å². The molecule has 9 nitrogen and oxygen atoms in total. The minimum atomic E-state index is 0.0151. The maximum atomic E-state index is 12.9. The van der Waals surface area contributed by atoms with E-state index in [1.807, 2.05) is 29.3 Å². The van der Waals surface area contributed by atoms with Crippen LogP contribution in [0.4, 0.5) is 11.8 Å². The largest absolute Gasteiger partial charge is 0.474 e. The van der Waals surface area contributed by atoms with E-state index in [2.05, 4.69) is 19.8 Å². The normalized spacial score (nSPS) is 19.9. The van der Waals surface area contributed by atoms with Gasteiger partial charge in [0.15, 0.2) is 0 Å². The van der Waals surface area contributed by atoms with Gasteiger partial charge in [-0.15, -0.1) is 0 Å². The van der Waals surface area contributed by atoms with Crippen molar-refractivity contribution in [2.75, 3.05) is 62.3 Å². The molecule has 3 aliphatic rings. The van der Waals surface area contributed by atoms with E-state index in [0.29, 0.717) is 37.7 Å². The highest BCUT2D eigenvalue weighted by molar-refractivity contribution is 5.94. The van der Waals surface area contributed by atoms with Gasteiger partial charge < -0.3 is 24.2 Å². The SMILES string of the molecule is O=C(c1ccc(OC2CCCC2)nc1)N1CCN(c2ccnc(N3CCOCC3)n2)CC1. The highest BCUT2D eigenvalue weighted by Gasteiger charge is 2.24. The molecule has 4 heterocycles. The average molecular weight is 439 g/mol. The van der Waals surface area contributed by atoms with E-state index in [9.17, 15) is 4.79 Å². The van der Waals surface area contributed by atoms with Crippen LogP contribution < -0.4 is 14.5 Å². The van der Waals surface area contributed by atoms with Crippen LogP contribution in [0.25, 0.3) is 0 Å². The van der Waals surface area contributed by atoms with Gasteiger partial charge in [0.1, 0.15) is 11.9 Å². The van der Waals surface area contributed by atoms with Crippen LogP contribution >= 0.6 is 0 Å². The third-order valence-corrected chi connectivity index (χ3v) is 6.39. The smallest absolute Gasteiger partial charge is 0.255 e. The lowest BCUT2D eigenvalue weighted by molar-refractivity contribution is 0.0746. The first-order valence-corrected chi connectivity index (χ1v) is 11.6. The van der Waals surface area contributed by atoms with Gasteiger partial charge in [0.2, 0.25) is 11.8 Å². The molecule has 0 atom stereocenters.